The lowest BCUT2D eigenvalue weighted by Gasteiger charge is -2.13. The van der Waals surface area contributed by atoms with Gasteiger partial charge in [0, 0.05) is 39.1 Å². The Balaban J connectivity index is 1.74. The van der Waals surface area contributed by atoms with Gasteiger partial charge in [0.25, 0.3) is 0 Å². The summed E-state index contributed by atoms with van der Waals surface area (Å²) < 4.78 is 7.89. The molecule has 2 rings (SSSR count). The van der Waals surface area contributed by atoms with Gasteiger partial charge in [-0.05, 0) is 36.2 Å². The summed E-state index contributed by atoms with van der Waals surface area (Å²) in [7, 11) is 1.79. The second-order valence-electron chi connectivity index (χ2n) is 5.62. The number of unbranched alkanes of at least 4 members (excludes halogenated alkanes) is 1. The molecule has 1 aromatic heterocycles. The molecule has 5 heteroatoms. The van der Waals surface area contributed by atoms with Crippen molar-refractivity contribution in [2.75, 3.05) is 20.2 Å². The molecule has 0 radical (unpaired) electrons. The highest BCUT2D eigenvalue weighted by molar-refractivity contribution is 5.79. The molecule has 0 saturated heterocycles. The third-order valence-electron chi connectivity index (χ3n) is 3.68. The smallest absolute Gasteiger partial charge is 0.191 e. The van der Waals surface area contributed by atoms with E-state index in [4.69, 9.17) is 4.74 Å². The van der Waals surface area contributed by atoms with Crippen LogP contribution in [0.1, 0.15) is 25.3 Å². The zero-order valence-electron chi connectivity index (χ0n) is 14.7. The van der Waals surface area contributed by atoms with E-state index in [0.29, 0.717) is 6.54 Å². The monoisotopic (exact) mass is 328 g/mol. The predicted octanol–water partition coefficient (Wildman–Crippen LogP) is 3.03. The van der Waals surface area contributed by atoms with Crippen molar-refractivity contribution in [1.82, 2.24) is 15.2 Å². The Morgan fingerprint density at radius 3 is 2.75 bits per heavy atom. The van der Waals surface area contributed by atoms with Crippen LogP contribution in [0.3, 0.4) is 0 Å². The van der Waals surface area contributed by atoms with Crippen LogP contribution in [0.25, 0.3) is 0 Å². The van der Waals surface area contributed by atoms with Crippen molar-refractivity contribution in [2.24, 2.45) is 4.99 Å². The summed E-state index contributed by atoms with van der Waals surface area (Å²) >= 11 is 0. The zero-order valence-corrected chi connectivity index (χ0v) is 14.7. The molecule has 5 nitrogen and oxygen atoms in total. The molecule has 0 spiro atoms. The molecular weight excluding hydrogens is 300 g/mol. The van der Waals surface area contributed by atoms with Gasteiger partial charge in [-0.25, -0.2) is 0 Å². The van der Waals surface area contributed by atoms with Gasteiger partial charge in [-0.2, -0.15) is 0 Å². The number of nitrogens with zero attached hydrogens (tertiary/aromatic N) is 2. The van der Waals surface area contributed by atoms with Gasteiger partial charge in [-0.15, -0.1) is 0 Å². The summed E-state index contributed by atoms with van der Waals surface area (Å²) in [5.41, 5.74) is 1.18. The highest BCUT2D eigenvalue weighted by Crippen LogP contribution is 2.13. The van der Waals surface area contributed by atoms with Gasteiger partial charge in [-0.1, -0.05) is 25.5 Å². The zero-order chi connectivity index (χ0) is 17.0. The van der Waals surface area contributed by atoms with Gasteiger partial charge < -0.3 is 19.9 Å². The SMILES string of the molecule is CCCCOc1cccc(CNC(=NC)NCCn2cccc2)c1. The third-order valence-corrected chi connectivity index (χ3v) is 3.68. The molecule has 0 atom stereocenters. The van der Waals surface area contributed by atoms with Crippen molar-refractivity contribution in [1.29, 1.82) is 0 Å². The van der Waals surface area contributed by atoms with E-state index in [0.717, 1.165) is 44.2 Å². The van der Waals surface area contributed by atoms with Gasteiger partial charge in [0.2, 0.25) is 0 Å². The third kappa shape index (κ3) is 6.36. The highest BCUT2D eigenvalue weighted by Gasteiger charge is 2.00. The Labute approximate surface area is 144 Å². The highest BCUT2D eigenvalue weighted by atomic mass is 16.5. The minimum absolute atomic E-state index is 0.716. The number of aromatic nitrogens is 1. The maximum absolute atomic E-state index is 5.75. The first-order valence-electron chi connectivity index (χ1n) is 8.59. The lowest BCUT2D eigenvalue weighted by Crippen LogP contribution is -2.38. The van der Waals surface area contributed by atoms with Crippen molar-refractivity contribution in [3.8, 4) is 5.75 Å². The molecular formula is C19H28N4O. The fraction of sp³-hybridized carbons (Fsp3) is 0.421. The first kappa shape index (κ1) is 17.9. The maximum Gasteiger partial charge on any atom is 0.191 e. The molecule has 0 saturated carbocycles. The minimum atomic E-state index is 0.716. The van der Waals surface area contributed by atoms with Gasteiger partial charge in [0.1, 0.15) is 5.75 Å². The van der Waals surface area contributed by atoms with E-state index in [1.807, 2.05) is 24.3 Å². The van der Waals surface area contributed by atoms with E-state index < -0.39 is 0 Å². The van der Waals surface area contributed by atoms with Crippen molar-refractivity contribution in [3.05, 3.63) is 54.4 Å². The van der Waals surface area contributed by atoms with Crippen LogP contribution in [0.5, 0.6) is 5.75 Å². The van der Waals surface area contributed by atoms with Gasteiger partial charge in [0.15, 0.2) is 5.96 Å². The number of hydrogen-bond donors (Lipinski definition) is 2. The average molecular weight is 328 g/mol. The molecule has 0 aliphatic heterocycles. The molecule has 0 fully saturated rings. The molecule has 0 aliphatic rings. The van der Waals surface area contributed by atoms with Crippen LogP contribution in [-0.4, -0.2) is 30.7 Å². The second-order valence-corrected chi connectivity index (χ2v) is 5.62. The average Bonchev–Trinajstić information content (AvgIpc) is 3.12. The van der Waals surface area contributed by atoms with Crippen LogP contribution in [-0.2, 0) is 13.1 Å². The number of benzene rings is 1. The topological polar surface area (TPSA) is 50.6 Å². The minimum Gasteiger partial charge on any atom is -0.494 e. The Morgan fingerprint density at radius 1 is 1.17 bits per heavy atom. The molecule has 2 N–H and O–H groups in total. The van der Waals surface area contributed by atoms with Crippen LogP contribution in [0, 0.1) is 0 Å². The molecule has 130 valence electrons. The summed E-state index contributed by atoms with van der Waals surface area (Å²) in [4.78, 5) is 4.26. The molecule has 0 aliphatic carbocycles. The predicted molar refractivity (Wildman–Crippen MR) is 99.5 cm³/mol. The fourth-order valence-electron chi connectivity index (χ4n) is 2.31. The second kappa shape index (κ2) is 10.4. The van der Waals surface area contributed by atoms with Crippen molar-refractivity contribution >= 4 is 5.96 Å². The van der Waals surface area contributed by atoms with E-state index >= 15 is 0 Å². The van der Waals surface area contributed by atoms with E-state index in [9.17, 15) is 0 Å². The number of nitrogens with one attached hydrogen (secondary N) is 2. The van der Waals surface area contributed by atoms with Crippen molar-refractivity contribution in [2.45, 2.75) is 32.9 Å². The van der Waals surface area contributed by atoms with Crippen LogP contribution in [0.4, 0.5) is 0 Å². The van der Waals surface area contributed by atoms with E-state index in [2.05, 4.69) is 51.6 Å². The molecule has 2 aromatic rings. The number of hydrogen-bond acceptors (Lipinski definition) is 2. The summed E-state index contributed by atoms with van der Waals surface area (Å²) in [6, 6.07) is 12.3. The summed E-state index contributed by atoms with van der Waals surface area (Å²) in [5, 5.41) is 6.66. The Kier molecular flexibility index (Phi) is 7.74. The molecule has 24 heavy (non-hydrogen) atoms. The fourth-order valence-corrected chi connectivity index (χ4v) is 2.31. The molecule has 1 aromatic carbocycles. The van der Waals surface area contributed by atoms with Gasteiger partial charge in [0.05, 0.1) is 6.61 Å². The summed E-state index contributed by atoms with van der Waals surface area (Å²) in [6.45, 7) is 5.39. The number of guanidine groups is 1. The quantitative estimate of drug-likeness (QED) is 0.423. The van der Waals surface area contributed by atoms with E-state index in [-0.39, 0.29) is 0 Å². The Morgan fingerprint density at radius 2 is 2.00 bits per heavy atom. The molecule has 0 unspecified atom stereocenters. The number of ether oxygens (including phenoxy) is 1. The van der Waals surface area contributed by atoms with Crippen LogP contribution >= 0.6 is 0 Å². The summed E-state index contributed by atoms with van der Waals surface area (Å²) in [6.07, 6.45) is 6.34. The summed E-state index contributed by atoms with van der Waals surface area (Å²) in [5.74, 6) is 1.73. The normalized spacial score (nSPS) is 11.3. The van der Waals surface area contributed by atoms with Gasteiger partial charge >= 0.3 is 0 Å². The first-order valence-corrected chi connectivity index (χ1v) is 8.59. The van der Waals surface area contributed by atoms with Crippen LogP contribution in [0.15, 0.2) is 53.8 Å². The van der Waals surface area contributed by atoms with E-state index in [1.165, 1.54) is 5.56 Å². The van der Waals surface area contributed by atoms with Gasteiger partial charge in [-0.3, -0.25) is 4.99 Å². The standard InChI is InChI=1S/C19H28N4O/c1-3-4-14-24-18-9-7-8-17(15-18)16-22-19(20-2)21-10-13-23-11-5-6-12-23/h5-9,11-12,15H,3-4,10,13-14,16H2,1-2H3,(H2,20,21,22). The molecule has 1 heterocycles. The Bertz CT molecular complexity index is 608. The van der Waals surface area contributed by atoms with E-state index in [1.54, 1.807) is 7.05 Å². The first-order chi connectivity index (χ1) is 11.8. The number of rotatable bonds is 9. The van der Waals surface area contributed by atoms with Crippen LogP contribution < -0.4 is 15.4 Å². The molecule has 0 bridgehead atoms. The van der Waals surface area contributed by atoms with Crippen LogP contribution in [0.2, 0.25) is 0 Å². The maximum atomic E-state index is 5.75. The van der Waals surface area contributed by atoms with Crippen molar-refractivity contribution in [3.63, 3.8) is 0 Å². The lowest BCUT2D eigenvalue weighted by molar-refractivity contribution is 0.309. The van der Waals surface area contributed by atoms with Crippen molar-refractivity contribution < 1.29 is 4.74 Å². The Hall–Kier alpha value is -2.43. The largest absolute Gasteiger partial charge is 0.494 e. The number of aliphatic imine (C=N–C) groups is 1. The molecule has 0 amide bonds. The lowest BCUT2D eigenvalue weighted by atomic mass is 10.2.